The molecule has 3 N–H and O–H groups in total. The van der Waals surface area contributed by atoms with Crippen LogP contribution in [0.25, 0.3) is 0 Å². The van der Waals surface area contributed by atoms with Gasteiger partial charge in [0, 0.05) is 28.5 Å². The Morgan fingerprint density at radius 1 is 1.47 bits per heavy atom. The lowest BCUT2D eigenvalue weighted by Crippen LogP contribution is -2.40. The number of hydrogen-bond acceptors (Lipinski definition) is 3. The molecule has 1 aliphatic rings. The van der Waals surface area contributed by atoms with Crippen LogP contribution in [0.2, 0.25) is 0 Å². The van der Waals surface area contributed by atoms with E-state index in [9.17, 15) is 0 Å². The van der Waals surface area contributed by atoms with Crippen molar-refractivity contribution in [2.75, 3.05) is 17.7 Å². The zero-order valence-electron chi connectivity index (χ0n) is 10.3. The fourth-order valence-electron chi connectivity index (χ4n) is 2.08. The fraction of sp³-hybridized carbons (Fsp3) is 0.538. The smallest absolute Gasteiger partial charge is 0.0614 e. The van der Waals surface area contributed by atoms with Gasteiger partial charge in [0.25, 0.3) is 0 Å². The molecule has 1 aliphatic carbocycles. The van der Waals surface area contributed by atoms with Gasteiger partial charge in [-0.05, 0) is 60.3 Å². The van der Waals surface area contributed by atoms with Gasteiger partial charge in [0.2, 0.25) is 0 Å². The lowest BCUT2D eigenvalue weighted by Gasteiger charge is -2.36. The lowest BCUT2D eigenvalue weighted by atomic mass is 9.89. The number of halogens is 1. The standard InChI is InChI=1S/C13H19BrN2O/c1-3-17-10-5-9(6-10)16-13-4-8(2)12(15)7-11(13)14/h4,7,9-10,16H,3,5-6,15H2,1-2H3. The number of anilines is 2. The van der Waals surface area contributed by atoms with Crippen molar-refractivity contribution in [2.24, 2.45) is 0 Å². The molecule has 0 bridgehead atoms. The quantitative estimate of drug-likeness (QED) is 0.838. The van der Waals surface area contributed by atoms with Gasteiger partial charge in [-0.25, -0.2) is 0 Å². The molecule has 0 aliphatic heterocycles. The SMILES string of the molecule is CCOC1CC(Nc2cc(C)c(N)cc2Br)C1. The highest BCUT2D eigenvalue weighted by Crippen LogP contribution is 2.32. The maximum absolute atomic E-state index is 5.85. The van der Waals surface area contributed by atoms with Gasteiger partial charge in [0.15, 0.2) is 0 Å². The van der Waals surface area contributed by atoms with E-state index in [4.69, 9.17) is 10.5 Å². The van der Waals surface area contributed by atoms with E-state index in [0.717, 1.165) is 40.9 Å². The number of hydrogen-bond donors (Lipinski definition) is 2. The molecule has 0 atom stereocenters. The molecule has 3 nitrogen and oxygen atoms in total. The van der Waals surface area contributed by atoms with E-state index in [1.807, 2.05) is 19.9 Å². The van der Waals surface area contributed by atoms with Crippen LogP contribution in [0.15, 0.2) is 16.6 Å². The third-order valence-corrected chi connectivity index (χ3v) is 3.87. The maximum Gasteiger partial charge on any atom is 0.0614 e. The van der Waals surface area contributed by atoms with Crippen LogP contribution in [0.4, 0.5) is 11.4 Å². The van der Waals surface area contributed by atoms with E-state index in [1.165, 1.54) is 0 Å². The molecule has 0 saturated heterocycles. The number of nitrogen functional groups attached to an aromatic ring is 1. The topological polar surface area (TPSA) is 47.3 Å². The summed E-state index contributed by atoms with van der Waals surface area (Å²) >= 11 is 3.54. The summed E-state index contributed by atoms with van der Waals surface area (Å²) in [5, 5.41) is 3.52. The first kappa shape index (κ1) is 12.7. The van der Waals surface area contributed by atoms with Gasteiger partial charge in [-0.15, -0.1) is 0 Å². The molecular weight excluding hydrogens is 280 g/mol. The van der Waals surface area contributed by atoms with Crippen molar-refractivity contribution < 1.29 is 4.74 Å². The molecule has 0 spiro atoms. The van der Waals surface area contributed by atoms with Gasteiger partial charge in [-0.3, -0.25) is 0 Å². The molecule has 4 heteroatoms. The van der Waals surface area contributed by atoms with Crippen molar-refractivity contribution in [1.82, 2.24) is 0 Å². The summed E-state index contributed by atoms with van der Waals surface area (Å²) in [6.45, 7) is 4.87. The van der Waals surface area contributed by atoms with Crippen LogP contribution in [0.3, 0.4) is 0 Å². The Morgan fingerprint density at radius 3 is 2.82 bits per heavy atom. The van der Waals surface area contributed by atoms with Crippen molar-refractivity contribution in [3.63, 3.8) is 0 Å². The molecule has 0 radical (unpaired) electrons. The summed E-state index contributed by atoms with van der Waals surface area (Å²) < 4.78 is 6.58. The third-order valence-electron chi connectivity index (χ3n) is 3.21. The van der Waals surface area contributed by atoms with Crippen LogP contribution in [-0.2, 0) is 4.74 Å². The number of nitrogens with two attached hydrogens (primary N) is 1. The van der Waals surface area contributed by atoms with E-state index in [2.05, 4.69) is 27.3 Å². The summed E-state index contributed by atoms with van der Waals surface area (Å²) in [5.41, 5.74) is 8.90. The molecule has 1 fully saturated rings. The summed E-state index contributed by atoms with van der Waals surface area (Å²) in [6, 6.07) is 4.56. The average molecular weight is 299 g/mol. The molecule has 0 heterocycles. The number of ether oxygens (including phenoxy) is 1. The van der Waals surface area contributed by atoms with E-state index < -0.39 is 0 Å². The second-order valence-corrected chi connectivity index (χ2v) is 5.43. The minimum atomic E-state index is 0.436. The summed E-state index contributed by atoms with van der Waals surface area (Å²) in [7, 11) is 0. The zero-order valence-corrected chi connectivity index (χ0v) is 11.9. The minimum Gasteiger partial charge on any atom is -0.398 e. The summed E-state index contributed by atoms with van der Waals surface area (Å²) in [5.74, 6) is 0. The lowest BCUT2D eigenvalue weighted by molar-refractivity contribution is 0.00298. The number of nitrogens with one attached hydrogen (secondary N) is 1. The Hall–Kier alpha value is -0.740. The second-order valence-electron chi connectivity index (χ2n) is 4.58. The molecule has 0 amide bonds. The predicted molar refractivity (Wildman–Crippen MR) is 75.4 cm³/mol. The third kappa shape index (κ3) is 2.93. The first-order valence-electron chi connectivity index (χ1n) is 6.04. The molecule has 1 aromatic rings. The predicted octanol–water partition coefficient (Wildman–Crippen LogP) is 3.32. The van der Waals surface area contributed by atoms with Crippen molar-refractivity contribution in [2.45, 2.75) is 38.8 Å². The maximum atomic E-state index is 5.85. The Labute approximate surface area is 111 Å². The Bertz CT molecular complexity index is 403. The van der Waals surface area contributed by atoms with E-state index in [0.29, 0.717) is 12.1 Å². The zero-order chi connectivity index (χ0) is 12.4. The Balaban J connectivity index is 1.94. The largest absolute Gasteiger partial charge is 0.398 e. The van der Waals surface area contributed by atoms with Crippen LogP contribution in [0.5, 0.6) is 0 Å². The van der Waals surface area contributed by atoms with Crippen LogP contribution in [-0.4, -0.2) is 18.8 Å². The van der Waals surface area contributed by atoms with Gasteiger partial charge in [-0.2, -0.15) is 0 Å². The van der Waals surface area contributed by atoms with Gasteiger partial charge in [0.05, 0.1) is 6.10 Å². The first-order chi connectivity index (χ1) is 8.10. The average Bonchev–Trinajstić information content (AvgIpc) is 2.22. The summed E-state index contributed by atoms with van der Waals surface area (Å²) in [4.78, 5) is 0. The number of benzene rings is 1. The van der Waals surface area contributed by atoms with Crippen LogP contribution >= 0.6 is 15.9 Å². The molecular formula is C13H19BrN2O. The second kappa shape index (κ2) is 5.27. The van der Waals surface area contributed by atoms with Crippen LogP contribution < -0.4 is 11.1 Å². The molecule has 94 valence electrons. The fourth-order valence-corrected chi connectivity index (χ4v) is 2.56. The minimum absolute atomic E-state index is 0.436. The van der Waals surface area contributed by atoms with Gasteiger partial charge < -0.3 is 15.8 Å². The molecule has 2 rings (SSSR count). The molecule has 0 unspecified atom stereocenters. The summed E-state index contributed by atoms with van der Waals surface area (Å²) in [6.07, 6.45) is 2.61. The van der Waals surface area contributed by atoms with E-state index in [-0.39, 0.29) is 0 Å². The van der Waals surface area contributed by atoms with Crippen molar-refractivity contribution in [3.8, 4) is 0 Å². The Morgan fingerprint density at radius 2 is 2.18 bits per heavy atom. The normalized spacial score (nSPS) is 23.2. The highest BCUT2D eigenvalue weighted by Gasteiger charge is 2.29. The number of rotatable bonds is 4. The first-order valence-corrected chi connectivity index (χ1v) is 6.83. The van der Waals surface area contributed by atoms with Gasteiger partial charge in [0.1, 0.15) is 0 Å². The van der Waals surface area contributed by atoms with Crippen molar-refractivity contribution in [1.29, 1.82) is 0 Å². The highest BCUT2D eigenvalue weighted by molar-refractivity contribution is 9.10. The monoisotopic (exact) mass is 298 g/mol. The molecule has 1 saturated carbocycles. The molecule has 17 heavy (non-hydrogen) atoms. The Kier molecular flexibility index (Phi) is 3.94. The molecule has 1 aromatic carbocycles. The van der Waals surface area contributed by atoms with Crippen LogP contribution in [0.1, 0.15) is 25.3 Å². The van der Waals surface area contributed by atoms with Gasteiger partial charge >= 0.3 is 0 Å². The van der Waals surface area contributed by atoms with Crippen LogP contribution in [0, 0.1) is 6.92 Å². The van der Waals surface area contributed by atoms with Gasteiger partial charge in [-0.1, -0.05) is 0 Å². The van der Waals surface area contributed by atoms with E-state index >= 15 is 0 Å². The molecule has 0 aromatic heterocycles. The van der Waals surface area contributed by atoms with Crippen molar-refractivity contribution in [3.05, 3.63) is 22.2 Å². The van der Waals surface area contributed by atoms with Crippen molar-refractivity contribution >= 4 is 27.3 Å². The number of aryl methyl sites for hydroxylation is 1. The highest BCUT2D eigenvalue weighted by atomic mass is 79.9. The van der Waals surface area contributed by atoms with E-state index in [1.54, 1.807) is 0 Å².